The number of nitrogens with one attached hydrogen (secondary N) is 1. The number of aliphatic imine (C=N–C) groups is 1. The summed E-state index contributed by atoms with van der Waals surface area (Å²) < 4.78 is 7.65. The van der Waals surface area contributed by atoms with Crippen LogP contribution in [0.2, 0.25) is 0 Å². The summed E-state index contributed by atoms with van der Waals surface area (Å²) in [4.78, 5) is 19.7. The molecule has 0 spiro atoms. The predicted octanol–water partition coefficient (Wildman–Crippen LogP) is 7.15. The molecule has 3 aromatic heterocycles. The number of benzene rings is 1. The molecule has 1 aliphatic rings. The molecule has 0 unspecified atom stereocenters. The van der Waals surface area contributed by atoms with Crippen LogP contribution in [0, 0.1) is 11.3 Å². The van der Waals surface area contributed by atoms with Crippen molar-refractivity contribution in [3.05, 3.63) is 76.2 Å². The summed E-state index contributed by atoms with van der Waals surface area (Å²) in [5.41, 5.74) is 4.43. The number of aromatic nitrogens is 1. The van der Waals surface area contributed by atoms with Crippen molar-refractivity contribution < 1.29 is 9.21 Å². The standard InChI is InChI=1S/C29H33N3O2S/c1-5-32-18-19(22-10-6-7-11-24(22)32)16-31-28-26(27(33)30-17-21-9-8-14-34-21)23-13-12-20(29(2,3)4)15-25(23)35-28/h6-11,14,16,18,20H,5,12-13,15,17H2,1-4H3,(H,30,33)/t20-/m0/s1. The minimum Gasteiger partial charge on any atom is -0.467 e. The Morgan fingerprint density at radius 3 is 2.83 bits per heavy atom. The van der Waals surface area contributed by atoms with Crippen LogP contribution in [-0.4, -0.2) is 16.7 Å². The van der Waals surface area contributed by atoms with Gasteiger partial charge in [-0.25, -0.2) is 4.99 Å². The van der Waals surface area contributed by atoms with E-state index in [0.717, 1.165) is 47.7 Å². The van der Waals surface area contributed by atoms with E-state index in [0.29, 0.717) is 12.5 Å². The van der Waals surface area contributed by atoms with E-state index in [1.165, 1.54) is 21.3 Å². The molecule has 0 saturated carbocycles. The van der Waals surface area contributed by atoms with Gasteiger partial charge < -0.3 is 14.3 Å². The Morgan fingerprint density at radius 2 is 2.09 bits per heavy atom. The largest absolute Gasteiger partial charge is 0.467 e. The highest BCUT2D eigenvalue weighted by molar-refractivity contribution is 7.16. The first-order valence-corrected chi connectivity index (χ1v) is 13.2. The Morgan fingerprint density at radius 1 is 1.26 bits per heavy atom. The van der Waals surface area contributed by atoms with Crippen molar-refractivity contribution in [1.29, 1.82) is 0 Å². The molecule has 5 rings (SSSR count). The lowest BCUT2D eigenvalue weighted by Gasteiger charge is -2.33. The molecule has 0 radical (unpaired) electrons. The van der Waals surface area contributed by atoms with Crippen molar-refractivity contribution in [2.45, 2.75) is 60.0 Å². The summed E-state index contributed by atoms with van der Waals surface area (Å²) in [5, 5.41) is 5.03. The quantitative estimate of drug-likeness (QED) is 0.294. The molecule has 1 aliphatic carbocycles. The third-order valence-electron chi connectivity index (χ3n) is 7.18. The fourth-order valence-electron chi connectivity index (χ4n) is 5.07. The molecule has 0 bridgehead atoms. The van der Waals surface area contributed by atoms with Gasteiger partial charge in [0.15, 0.2) is 0 Å². The first-order chi connectivity index (χ1) is 16.8. The lowest BCUT2D eigenvalue weighted by Crippen LogP contribution is -2.28. The van der Waals surface area contributed by atoms with Crippen LogP contribution in [0.4, 0.5) is 5.00 Å². The summed E-state index contributed by atoms with van der Waals surface area (Å²) in [6.07, 6.45) is 8.72. The number of carbonyl (C=O) groups excluding carboxylic acids is 1. The number of amides is 1. The summed E-state index contributed by atoms with van der Waals surface area (Å²) in [5.74, 6) is 1.27. The van der Waals surface area contributed by atoms with Crippen LogP contribution in [0.5, 0.6) is 0 Å². The SMILES string of the molecule is CCn1cc(C=Nc2sc3c(c2C(=O)NCc2ccco2)CC[C@H](C(C)(C)C)C3)c2ccccc21. The smallest absolute Gasteiger partial charge is 0.255 e. The van der Waals surface area contributed by atoms with E-state index >= 15 is 0 Å². The van der Waals surface area contributed by atoms with Crippen LogP contribution in [0.15, 0.2) is 58.3 Å². The van der Waals surface area contributed by atoms with Gasteiger partial charge in [0.25, 0.3) is 5.91 Å². The summed E-state index contributed by atoms with van der Waals surface area (Å²) in [6.45, 7) is 10.4. The van der Waals surface area contributed by atoms with Gasteiger partial charge in [0, 0.05) is 40.3 Å². The van der Waals surface area contributed by atoms with Gasteiger partial charge in [-0.15, -0.1) is 11.3 Å². The number of furan rings is 1. The minimum absolute atomic E-state index is 0.0729. The van der Waals surface area contributed by atoms with E-state index in [2.05, 4.69) is 68.0 Å². The number of carbonyl (C=O) groups is 1. The van der Waals surface area contributed by atoms with Crippen molar-refractivity contribution in [1.82, 2.24) is 9.88 Å². The molecule has 1 aromatic carbocycles. The fourth-order valence-corrected chi connectivity index (χ4v) is 6.34. The van der Waals surface area contributed by atoms with E-state index in [1.807, 2.05) is 18.3 Å². The minimum atomic E-state index is -0.0729. The zero-order chi connectivity index (χ0) is 24.6. The van der Waals surface area contributed by atoms with Crippen molar-refractivity contribution >= 4 is 39.4 Å². The molecular weight excluding hydrogens is 454 g/mol. The normalized spacial score (nSPS) is 16.2. The van der Waals surface area contributed by atoms with Gasteiger partial charge in [-0.3, -0.25) is 4.79 Å². The number of fused-ring (bicyclic) bond motifs is 2. The average molecular weight is 488 g/mol. The number of nitrogens with zero attached hydrogens (tertiary/aromatic N) is 2. The zero-order valence-electron chi connectivity index (χ0n) is 20.9. The van der Waals surface area contributed by atoms with Crippen molar-refractivity contribution in [2.75, 3.05) is 0 Å². The summed E-state index contributed by atoms with van der Waals surface area (Å²) in [7, 11) is 0. The molecular formula is C29H33N3O2S. The predicted molar refractivity (Wildman–Crippen MR) is 144 cm³/mol. The van der Waals surface area contributed by atoms with Crippen LogP contribution >= 0.6 is 11.3 Å². The Labute approximate surface area is 210 Å². The molecule has 35 heavy (non-hydrogen) atoms. The van der Waals surface area contributed by atoms with Crippen LogP contribution < -0.4 is 5.32 Å². The average Bonchev–Trinajstić information content (AvgIpc) is 3.57. The topological polar surface area (TPSA) is 59.5 Å². The van der Waals surface area contributed by atoms with Crippen molar-refractivity contribution in [2.24, 2.45) is 16.3 Å². The van der Waals surface area contributed by atoms with E-state index in [9.17, 15) is 4.79 Å². The maximum atomic E-state index is 13.4. The van der Waals surface area contributed by atoms with Crippen molar-refractivity contribution in [3.8, 4) is 0 Å². The van der Waals surface area contributed by atoms with E-state index in [1.54, 1.807) is 17.6 Å². The van der Waals surface area contributed by atoms with E-state index in [4.69, 9.17) is 9.41 Å². The van der Waals surface area contributed by atoms with Gasteiger partial charge in [-0.2, -0.15) is 0 Å². The highest BCUT2D eigenvalue weighted by atomic mass is 32.1. The lowest BCUT2D eigenvalue weighted by molar-refractivity contribution is 0.0947. The molecule has 5 nitrogen and oxygen atoms in total. The monoisotopic (exact) mass is 487 g/mol. The van der Waals surface area contributed by atoms with Gasteiger partial charge in [0.1, 0.15) is 10.8 Å². The second-order valence-corrected chi connectivity index (χ2v) is 11.5. The molecule has 0 aliphatic heterocycles. The van der Waals surface area contributed by atoms with Crippen LogP contribution in [0.1, 0.15) is 66.2 Å². The summed E-state index contributed by atoms with van der Waals surface area (Å²) in [6, 6.07) is 12.1. The number of para-hydroxylation sites is 1. The Bertz CT molecular complexity index is 1370. The van der Waals surface area contributed by atoms with Gasteiger partial charge in [-0.1, -0.05) is 39.0 Å². The molecule has 4 aromatic rings. The van der Waals surface area contributed by atoms with Gasteiger partial charge in [0.05, 0.1) is 18.4 Å². The number of aryl methyl sites for hydroxylation is 1. The van der Waals surface area contributed by atoms with Crippen molar-refractivity contribution in [3.63, 3.8) is 0 Å². The molecule has 1 amide bonds. The Balaban J connectivity index is 1.51. The third-order valence-corrected chi connectivity index (χ3v) is 8.35. The molecule has 182 valence electrons. The highest BCUT2D eigenvalue weighted by Crippen LogP contribution is 2.45. The zero-order valence-corrected chi connectivity index (χ0v) is 21.7. The first kappa shape index (κ1) is 23.6. The number of rotatable bonds is 6. The second-order valence-electron chi connectivity index (χ2n) is 10.4. The van der Waals surface area contributed by atoms with E-state index < -0.39 is 0 Å². The van der Waals surface area contributed by atoms with E-state index in [-0.39, 0.29) is 11.3 Å². The third kappa shape index (κ3) is 4.72. The highest BCUT2D eigenvalue weighted by Gasteiger charge is 2.33. The molecule has 1 N–H and O–H groups in total. The maximum Gasteiger partial charge on any atom is 0.255 e. The lowest BCUT2D eigenvalue weighted by atomic mass is 9.72. The fraction of sp³-hybridized carbons (Fsp3) is 0.379. The molecule has 1 atom stereocenters. The molecule has 0 fully saturated rings. The maximum absolute atomic E-state index is 13.4. The number of hydrogen-bond acceptors (Lipinski definition) is 4. The van der Waals surface area contributed by atoms with Gasteiger partial charge >= 0.3 is 0 Å². The molecule has 0 saturated heterocycles. The number of thiophene rings is 1. The Hall–Kier alpha value is -3.12. The van der Waals surface area contributed by atoms with Crippen LogP contribution in [0.3, 0.4) is 0 Å². The Kier molecular flexibility index (Phi) is 6.41. The van der Waals surface area contributed by atoms with Gasteiger partial charge in [-0.05, 0) is 61.3 Å². The molecule has 3 heterocycles. The molecule has 6 heteroatoms. The first-order valence-electron chi connectivity index (χ1n) is 12.4. The van der Waals surface area contributed by atoms with Crippen LogP contribution in [0.25, 0.3) is 10.9 Å². The van der Waals surface area contributed by atoms with Gasteiger partial charge in [0.2, 0.25) is 0 Å². The second kappa shape index (κ2) is 9.50. The van der Waals surface area contributed by atoms with Crippen LogP contribution in [-0.2, 0) is 25.9 Å². The number of hydrogen-bond donors (Lipinski definition) is 1. The summed E-state index contributed by atoms with van der Waals surface area (Å²) >= 11 is 1.68.